The van der Waals surface area contributed by atoms with Crippen LogP contribution in [-0.2, 0) is 9.63 Å². The zero-order valence-corrected chi connectivity index (χ0v) is 11.3. The first-order valence-corrected chi connectivity index (χ1v) is 6.44. The van der Waals surface area contributed by atoms with Crippen LogP contribution in [0.4, 0.5) is 13.2 Å². The van der Waals surface area contributed by atoms with Crippen molar-refractivity contribution in [2.45, 2.75) is 24.9 Å². The second kappa shape index (κ2) is 6.81. The first kappa shape index (κ1) is 15.8. The number of hydroxylamine groups is 1. The summed E-state index contributed by atoms with van der Waals surface area (Å²) < 4.78 is 35.3. The maximum atomic E-state index is 11.8. The molecule has 0 spiro atoms. The molecule has 0 bridgehead atoms. The third kappa shape index (κ3) is 6.49. The van der Waals surface area contributed by atoms with E-state index in [-0.39, 0.29) is 5.75 Å². The average Bonchev–Trinajstić information content (AvgIpc) is 2.28. The molecule has 3 nitrogen and oxygen atoms in total. The molecule has 1 aromatic carbocycles. The summed E-state index contributed by atoms with van der Waals surface area (Å²) in [7, 11) is 0. The lowest BCUT2D eigenvalue weighted by molar-refractivity contribution is -0.191. The maximum Gasteiger partial charge on any atom is 0.414 e. The Morgan fingerprint density at radius 3 is 2.68 bits per heavy atom. The summed E-state index contributed by atoms with van der Waals surface area (Å²) in [6.07, 6.45) is -4.45. The Kier molecular flexibility index (Phi) is 5.68. The molecule has 0 radical (unpaired) electrons. The maximum absolute atomic E-state index is 11.8. The van der Waals surface area contributed by atoms with Crippen LogP contribution in [0.1, 0.15) is 11.1 Å². The van der Waals surface area contributed by atoms with E-state index in [0.717, 1.165) is 16.0 Å². The van der Waals surface area contributed by atoms with Crippen LogP contribution in [-0.4, -0.2) is 24.4 Å². The number of hydrogen-bond donors (Lipinski definition) is 1. The van der Waals surface area contributed by atoms with Gasteiger partial charge in [-0.15, -0.1) is 11.8 Å². The molecule has 106 valence electrons. The van der Waals surface area contributed by atoms with Crippen molar-refractivity contribution in [3.63, 3.8) is 0 Å². The van der Waals surface area contributed by atoms with Gasteiger partial charge in [0, 0.05) is 4.90 Å². The first-order valence-electron chi connectivity index (χ1n) is 5.45. The van der Waals surface area contributed by atoms with E-state index in [1.165, 1.54) is 11.8 Å². The van der Waals surface area contributed by atoms with Gasteiger partial charge in [-0.3, -0.25) is 9.63 Å². The van der Waals surface area contributed by atoms with Crippen molar-refractivity contribution < 1.29 is 22.8 Å². The van der Waals surface area contributed by atoms with Crippen LogP contribution in [0.15, 0.2) is 23.1 Å². The number of nitrogens with one attached hydrogen (secondary N) is 1. The van der Waals surface area contributed by atoms with Crippen LogP contribution < -0.4 is 5.48 Å². The summed E-state index contributed by atoms with van der Waals surface area (Å²) >= 11 is 1.25. The topological polar surface area (TPSA) is 38.3 Å². The van der Waals surface area contributed by atoms with Crippen molar-refractivity contribution in [3.8, 4) is 0 Å². The number of benzene rings is 1. The molecule has 0 aromatic heterocycles. The number of halogens is 3. The van der Waals surface area contributed by atoms with Gasteiger partial charge in [0.2, 0.25) is 0 Å². The number of alkyl halides is 3. The van der Waals surface area contributed by atoms with Crippen LogP contribution in [0.25, 0.3) is 0 Å². The molecular formula is C12H14F3NO2S. The van der Waals surface area contributed by atoms with Crippen molar-refractivity contribution in [3.05, 3.63) is 29.3 Å². The average molecular weight is 293 g/mol. The van der Waals surface area contributed by atoms with Gasteiger partial charge < -0.3 is 0 Å². The number of carbonyl (C=O) groups excluding carboxylic acids is 1. The van der Waals surface area contributed by atoms with Crippen molar-refractivity contribution >= 4 is 17.7 Å². The number of hydrogen-bond acceptors (Lipinski definition) is 3. The summed E-state index contributed by atoms with van der Waals surface area (Å²) in [5.74, 6) is -0.600. The Balaban J connectivity index is 2.36. The zero-order chi connectivity index (χ0) is 14.5. The summed E-state index contributed by atoms with van der Waals surface area (Å²) in [5, 5.41) is 0. The van der Waals surface area contributed by atoms with Crippen LogP contribution in [0, 0.1) is 13.8 Å². The van der Waals surface area contributed by atoms with Crippen LogP contribution in [0.3, 0.4) is 0 Å². The van der Waals surface area contributed by atoms with Crippen molar-refractivity contribution in [2.24, 2.45) is 0 Å². The number of amides is 1. The zero-order valence-electron chi connectivity index (χ0n) is 10.5. The van der Waals surface area contributed by atoms with Crippen LogP contribution in [0.5, 0.6) is 0 Å². The largest absolute Gasteiger partial charge is 0.414 e. The molecule has 1 amide bonds. The van der Waals surface area contributed by atoms with Crippen molar-refractivity contribution in [1.82, 2.24) is 5.48 Å². The normalized spacial score (nSPS) is 11.4. The molecule has 0 aliphatic heterocycles. The van der Waals surface area contributed by atoms with Gasteiger partial charge in [-0.25, -0.2) is 5.48 Å². The predicted molar refractivity (Wildman–Crippen MR) is 66.8 cm³/mol. The second-order valence-corrected chi connectivity index (χ2v) is 5.00. The molecule has 1 aromatic rings. The Bertz CT molecular complexity index is 449. The van der Waals surface area contributed by atoms with E-state index in [4.69, 9.17) is 0 Å². The smallest absolute Gasteiger partial charge is 0.272 e. The Morgan fingerprint density at radius 2 is 2.05 bits per heavy atom. The SMILES string of the molecule is Cc1ccc(C)c(SCC(=O)NOCC(F)(F)F)c1. The minimum absolute atomic E-state index is 0.00213. The van der Waals surface area contributed by atoms with Crippen LogP contribution >= 0.6 is 11.8 Å². The van der Waals surface area contributed by atoms with Gasteiger partial charge >= 0.3 is 6.18 Å². The summed E-state index contributed by atoms with van der Waals surface area (Å²) in [6, 6.07) is 5.80. The second-order valence-electron chi connectivity index (χ2n) is 3.99. The van der Waals surface area contributed by atoms with Gasteiger partial charge in [0.1, 0.15) is 0 Å². The number of rotatable bonds is 5. The molecular weight excluding hydrogens is 279 g/mol. The quantitative estimate of drug-likeness (QED) is 0.670. The fourth-order valence-electron chi connectivity index (χ4n) is 1.23. The minimum atomic E-state index is -4.45. The molecule has 0 fully saturated rings. The molecule has 0 unspecified atom stereocenters. The molecule has 0 aliphatic carbocycles. The third-order valence-electron chi connectivity index (χ3n) is 2.12. The lowest BCUT2D eigenvalue weighted by atomic mass is 10.2. The fourth-order valence-corrected chi connectivity index (χ4v) is 2.14. The van der Waals surface area contributed by atoms with Gasteiger partial charge in [0.05, 0.1) is 5.75 Å². The fraction of sp³-hybridized carbons (Fsp3) is 0.417. The van der Waals surface area contributed by atoms with E-state index in [9.17, 15) is 18.0 Å². The lowest BCUT2D eigenvalue weighted by Crippen LogP contribution is -2.30. The van der Waals surface area contributed by atoms with Crippen molar-refractivity contribution in [2.75, 3.05) is 12.4 Å². The lowest BCUT2D eigenvalue weighted by Gasteiger charge is -2.09. The van der Waals surface area contributed by atoms with Gasteiger partial charge in [0.25, 0.3) is 5.91 Å². The van der Waals surface area contributed by atoms with E-state index in [1.54, 1.807) is 5.48 Å². The molecule has 7 heteroatoms. The highest BCUT2D eigenvalue weighted by atomic mass is 32.2. The molecule has 19 heavy (non-hydrogen) atoms. The standard InChI is InChI=1S/C12H14F3NO2S/c1-8-3-4-9(2)10(5-8)19-6-11(17)16-18-7-12(13,14)15/h3-5H,6-7H2,1-2H3,(H,16,17). The molecule has 0 atom stereocenters. The van der Waals surface area contributed by atoms with E-state index < -0.39 is 18.7 Å². The van der Waals surface area contributed by atoms with Gasteiger partial charge in [0.15, 0.2) is 6.61 Å². The van der Waals surface area contributed by atoms with E-state index >= 15 is 0 Å². The van der Waals surface area contributed by atoms with Gasteiger partial charge in [-0.05, 0) is 25.5 Å². The Morgan fingerprint density at radius 1 is 1.37 bits per heavy atom. The Hall–Kier alpha value is -1.21. The number of aryl methyl sites for hydroxylation is 2. The van der Waals surface area contributed by atoms with E-state index in [0.29, 0.717) is 0 Å². The third-order valence-corrected chi connectivity index (χ3v) is 3.28. The van der Waals surface area contributed by atoms with Crippen LogP contribution in [0.2, 0.25) is 0 Å². The van der Waals surface area contributed by atoms with Gasteiger partial charge in [-0.1, -0.05) is 17.7 Å². The highest BCUT2D eigenvalue weighted by molar-refractivity contribution is 8.00. The predicted octanol–water partition coefficient (Wildman–Crippen LogP) is 3.01. The molecule has 1 rings (SSSR count). The minimum Gasteiger partial charge on any atom is -0.272 e. The monoisotopic (exact) mass is 293 g/mol. The molecule has 0 aliphatic rings. The van der Waals surface area contributed by atoms with E-state index in [2.05, 4.69) is 4.84 Å². The first-order chi connectivity index (χ1) is 8.78. The molecule has 1 N–H and O–H groups in total. The summed E-state index contributed by atoms with van der Waals surface area (Å²) in [6.45, 7) is 2.34. The molecule has 0 saturated heterocycles. The molecule has 0 saturated carbocycles. The molecule has 0 heterocycles. The van der Waals surface area contributed by atoms with E-state index in [1.807, 2.05) is 32.0 Å². The summed E-state index contributed by atoms with van der Waals surface area (Å²) in [4.78, 5) is 16.3. The number of thioether (sulfide) groups is 1. The van der Waals surface area contributed by atoms with Gasteiger partial charge in [-0.2, -0.15) is 13.2 Å². The highest BCUT2D eigenvalue weighted by Crippen LogP contribution is 2.23. The summed E-state index contributed by atoms with van der Waals surface area (Å²) in [5.41, 5.74) is 3.83. The number of carbonyl (C=O) groups is 1. The Labute approximate surface area is 113 Å². The van der Waals surface area contributed by atoms with Crippen molar-refractivity contribution in [1.29, 1.82) is 0 Å². The highest BCUT2D eigenvalue weighted by Gasteiger charge is 2.28.